The molecule has 35 heteroatoms. The average molecular weight is 1030 g/mol. The third kappa shape index (κ3) is 16.5. The number of carbonyl (C=O) groups excluding carboxylic acids is 8. The van der Waals surface area contributed by atoms with E-state index in [0.29, 0.717) is 12.1 Å². The maximum atomic E-state index is 12.5. The van der Waals surface area contributed by atoms with Gasteiger partial charge in [-0.05, 0) is 35.4 Å². The maximum Gasteiger partial charge on any atom is 0.233 e. The van der Waals surface area contributed by atoms with Gasteiger partial charge in [0.1, 0.15) is 26.5 Å². The highest BCUT2D eigenvalue weighted by molar-refractivity contribution is 7.86. The Balaban J connectivity index is 1.74. The first-order chi connectivity index (χ1) is 33.1. The van der Waals surface area contributed by atoms with E-state index in [9.17, 15) is 100 Å². The Hall–Kier alpha value is -9.22. The van der Waals surface area contributed by atoms with E-state index in [1.807, 2.05) is 10.6 Å². The summed E-state index contributed by atoms with van der Waals surface area (Å²) in [6, 6.07) is -2.70. The summed E-state index contributed by atoms with van der Waals surface area (Å²) in [5.74, 6) is -18.1. The molecule has 2 aromatic carbocycles. The van der Waals surface area contributed by atoms with Crippen LogP contribution in [0.3, 0.4) is 0 Å². The number of nitrogens with zero attached hydrogens (tertiary/aromatic N) is 6. The van der Waals surface area contributed by atoms with Crippen LogP contribution in [0.25, 0.3) is 12.2 Å². The Labute approximate surface area is 395 Å². The van der Waals surface area contributed by atoms with Gasteiger partial charge in [0.2, 0.25) is 35.7 Å². The number of aliphatic carboxylic acids is 7. The highest BCUT2D eigenvalue weighted by Gasteiger charge is 2.21. The van der Waals surface area contributed by atoms with Crippen molar-refractivity contribution in [2.75, 3.05) is 31.9 Å². The van der Waals surface area contributed by atoms with E-state index < -0.39 is 168 Å². The average Bonchev–Trinajstić information content (AvgIpc) is 3.24. The van der Waals surface area contributed by atoms with Gasteiger partial charge in [-0.1, -0.05) is 24.3 Å². The van der Waals surface area contributed by atoms with E-state index in [0.717, 1.165) is 36.4 Å². The van der Waals surface area contributed by atoms with Gasteiger partial charge < -0.3 is 115 Å². The summed E-state index contributed by atoms with van der Waals surface area (Å²) >= 11 is 0. The fourth-order valence-electron chi connectivity index (χ4n) is 5.51. The van der Waals surface area contributed by atoms with Crippen LogP contribution in [0.1, 0.15) is 36.8 Å². The van der Waals surface area contributed by atoms with Crippen LogP contribution in [0, 0.1) is 0 Å². The zero-order chi connectivity index (χ0) is 53.0. The lowest BCUT2D eigenvalue weighted by Crippen LogP contribution is -2.45. The first-order valence-electron chi connectivity index (χ1n) is 19.0. The molecule has 0 aliphatic rings. The van der Waals surface area contributed by atoms with Crippen LogP contribution in [0.5, 0.6) is 0 Å². The Morgan fingerprint density at radius 2 is 0.746 bits per heavy atom. The summed E-state index contributed by atoms with van der Waals surface area (Å²) in [5, 5.41) is 92.7. The smallest absolute Gasteiger partial charge is 0.233 e. The number of carbonyl (C=O) groups is 8. The molecule has 4 aromatic rings. The Bertz CT molecular complexity index is 2980. The second kappa shape index (κ2) is 23.2. The number of benzene rings is 2. The van der Waals surface area contributed by atoms with E-state index in [-0.39, 0.29) is 17.7 Å². The predicted molar refractivity (Wildman–Crippen MR) is 213 cm³/mol. The number of anilines is 8. The number of rotatable bonds is 28. The number of carboxylic acids is 7. The van der Waals surface area contributed by atoms with Crippen molar-refractivity contribution in [2.24, 2.45) is 0 Å². The van der Waals surface area contributed by atoms with Gasteiger partial charge in [-0.3, -0.25) is 0 Å². The fourth-order valence-corrected chi connectivity index (χ4v) is 6.90. The Morgan fingerprint density at radius 1 is 0.465 bits per heavy atom. The van der Waals surface area contributed by atoms with Crippen LogP contribution >= 0.6 is 0 Å². The van der Waals surface area contributed by atoms with Gasteiger partial charge in [-0.2, -0.15) is 29.9 Å². The molecular weight excluding hydrogens is 1000 g/mol. The molecule has 0 bridgehead atoms. The van der Waals surface area contributed by atoms with Crippen LogP contribution in [0.15, 0.2) is 46.2 Å². The van der Waals surface area contributed by atoms with E-state index in [1.54, 1.807) is 0 Å². The minimum Gasteiger partial charge on any atom is -0.744 e. The molecule has 0 spiro atoms. The van der Waals surface area contributed by atoms with Gasteiger partial charge in [0.25, 0.3) is 0 Å². The molecule has 33 nitrogen and oxygen atoms in total. The lowest BCUT2D eigenvalue weighted by molar-refractivity contribution is -0.316. The molecule has 2 heterocycles. The zero-order valence-corrected chi connectivity index (χ0v) is 36.5. The van der Waals surface area contributed by atoms with Crippen LogP contribution in [0.2, 0.25) is 0 Å². The summed E-state index contributed by atoms with van der Waals surface area (Å²) in [5.41, 5.74) is -1.65. The van der Waals surface area contributed by atoms with Gasteiger partial charge in [0.15, 0.2) is 0 Å². The second-order valence-electron chi connectivity index (χ2n) is 13.8. The minimum absolute atomic E-state index is 0.177. The summed E-state index contributed by atoms with van der Waals surface area (Å²) in [4.78, 5) is 111. The van der Waals surface area contributed by atoms with Crippen molar-refractivity contribution in [2.45, 2.75) is 59.6 Å². The number of aromatic nitrogens is 6. The number of nitrogens with one attached hydrogen (secondary N) is 6. The van der Waals surface area contributed by atoms with Crippen molar-refractivity contribution in [3.8, 4) is 0 Å². The van der Waals surface area contributed by atoms with Crippen molar-refractivity contribution in [3.05, 3.63) is 47.5 Å². The van der Waals surface area contributed by atoms with E-state index >= 15 is 0 Å². The maximum absolute atomic E-state index is 12.5. The molecule has 0 radical (unpaired) electrons. The SMILES string of the molecule is O=CCC(Nc1nc(Nc2ccc(/C=C/c3ccc(Nc4nc(NC(CC(=O)[O-])C(=O)[O-])nc(NC(CC(=O)[O-])C(=O)[O-])n4)cc3S(=O)(=O)[O-])c(S(=O)(=O)[O-])c2)nc(NC(CC(=O)[O-])C(=O)[O-])n1)C(=O)[O-]. The number of aldehydes is 1. The minimum atomic E-state index is -5.49. The molecule has 2 aromatic heterocycles. The lowest BCUT2D eigenvalue weighted by atomic mass is 10.1. The van der Waals surface area contributed by atoms with Crippen LogP contribution in [-0.4, -0.2) is 128 Å². The molecule has 0 amide bonds. The van der Waals surface area contributed by atoms with Crippen molar-refractivity contribution in [3.63, 3.8) is 0 Å². The van der Waals surface area contributed by atoms with E-state index in [2.05, 4.69) is 51.2 Å². The Kier molecular flexibility index (Phi) is 17.8. The zero-order valence-electron chi connectivity index (χ0n) is 34.9. The van der Waals surface area contributed by atoms with Crippen molar-refractivity contribution in [1.82, 2.24) is 29.9 Å². The number of hydrogen-bond donors (Lipinski definition) is 6. The van der Waals surface area contributed by atoms with Gasteiger partial charge in [-0.15, -0.1) is 0 Å². The fraction of sp³-hybridized carbons (Fsp3) is 0.222. The molecule has 6 N–H and O–H groups in total. The molecule has 0 aliphatic heterocycles. The summed E-state index contributed by atoms with van der Waals surface area (Å²) in [6.07, 6.45) is -2.48. The van der Waals surface area contributed by atoms with Gasteiger partial charge in [0, 0.05) is 55.0 Å². The summed E-state index contributed by atoms with van der Waals surface area (Å²) in [6.45, 7) is 0. The summed E-state index contributed by atoms with van der Waals surface area (Å²) < 4.78 is 74.9. The molecule has 4 atom stereocenters. The van der Waals surface area contributed by atoms with E-state index in [4.69, 9.17) is 0 Å². The topological polar surface area (TPSA) is 562 Å². The number of carboxylic acid groups (broad SMARTS) is 7. The van der Waals surface area contributed by atoms with Gasteiger partial charge >= 0.3 is 0 Å². The molecule has 4 rings (SSSR count). The standard InChI is InChI=1S/C36H36N12O21S2/c49-8-7-18(27(56)57)39-33-43-31(44-34(47-33)40-19(28(58)59)11-24(50)51)37-16-5-3-14(22(9-16)70(64,65)66)1-2-15-4-6-17(10-23(15)71(67,68)69)38-32-45-35(41-20(29(60)61)12-25(52)53)48-36(46-32)42-21(30(62)63)13-26(54)55/h1-6,8-10,18-21H,7,11-13H2,(H,50,51)(H,52,53)(H,54,55)(H,56,57)(H,58,59)(H,60,61)(H,62,63)(H,64,65,66)(H,67,68,69)(H3,37,39,40,43,44,47)(H3,38,41,42,45,46,48)/p-9/b2-1+. The molecule has 0 saturated carbocycles. The molecule has 0 saturated heterocycles. The Morgan fingerprint density at radius 3 is 1.00 bits per heavy atom. The molecule has 378 valence electrons. The lowest BCUT2D eigenvalue weighted by Gasteiger charge is -2.22. The van der Waals surface area contributed by atoms with Gasteiger partial charge in [0.05, 0.1) is 57.8 Å². The van der Waals surface area contributed by atoms with Crippen LogP contribution in [-0.2, 0) is 58.6 Å². The normalized spacial score (nSPS) is 13.1. The highest BCUT2D eigenvalue weighted by Crippen LogP contribution is 2.28. The van der Waals surface area contributed by atoms with Crippen molar-refractivity contribution >= 4 is 128 Å². The highest BCUT2D eigenvalue weighted by atomic mass is 32.2. The first-order valence-corrected chi connectivity index (χ1v) is 21.8. The van der Waals surface area contributed by atoms with Crippen molar-refractivity contribution < 1.29 is 100 Å². The van der Waals surface area contributed by atoms with Crippen molar-refractivity contribution in [1.29, 1.82) is 0 Å². The third-order valence-electron chi connectivity index (χ3n) is 8.59. The predicted octanol–water partition coefficient (Wildman–Crippen LogP) is -10.3. The van der Waals surface area contributed by atoms with Crippen LogP contribution in [0.4, 0.5) is 47.1 Å². The quantitative estimate of drug-likeness (QED) is 0.0175. The molecule has 4 unspecified atom stereocenters. The molecule has 0 aliphatic carbocycles. The van der Waals surface area contributed by atoms with E-state index in [1.165, 1.54) is 0 Å². The monoisotopic (exact) mass is 1030 g/mol. The van der Waals surface area contributed by atoms with Gasteiger partial charge in [-0.25, -0.2) is 16.8 Å². The summed E-state index contributed by atoms with van der Waals surface area (Å²) in [7, 11) is -11.0. The van der Waals surface area contributed by atoms with Crippen LogP contribution < -0.4 is 67.6 Å². The molecule has 71 heavy (non-hydrogen) atoms. The molecule has 0 fully saturated rings. The second-order valence-corrected chi connectivity index (χ2v) is 16.5. The third-order valence-corrected chi connectivity index (χ3v) is 10.4. The first kappa shape index (κ1) is 54.4. The molecular formula is C36H27N12O21S2-9. The largest absolute Gasteiger partial charge is 0.744 e. The number of hydrogen-bond acceptors (Lipinski definition) is 33.